The normalized spacial score (nSPS) is 17.4. The van der Waals surface area contributed by atoms with Crippen molar-refractivity contribution in [2.24, 2.45) is 5.92 Å². The maximum Gasteiger partial charge on any atom is 0.227 e. The van der Waals surface area contributed by atoms with Gasteiger partial charge in [-0.3, -0.25) is 9.59 Å². The van der Waals surface area contributed by atoms with E-state index in [1.807, 2.05) is 34.5 Å². The van der Waals surface area contributed by atoms with Gasteiger partial charge >= 0.3 is 0 Å². The van der Waals surface area contributed by atoms with Crippen LogP contribution in [0.25, 0.3) is 0 Å². The van der Waals surface area contributed by atoms with Crippen molar-refractivity contribution in [2.75, 3.05) is 20.1 Å². The third-order valence-electron chi connectivity index (χ3n) is 4.67. The molecular weight excluding hydrogens is 370 g/mol. The molecule has 3 rings (SSSR count). The Hall–Kier alpha value is -1.92. The number of carbonyl (C=O) groups is 2. The minimum atomic E-state index is -0.136. The van der Waals surface area contributed by atoms with Gasteiger partial charge in [-0.15, -0.1) is 11.3 Å². The highest BCUT2D eigenvalue weighted by Gasteiger charge is 2.31. The highest BCUT2D eigenvalue weighted by atomic mass is 35.5. The number of benzene rings is 1. The zero-order chi connectivity index (χ0) is 18.5. The minimum Gasteiger partial charge on any atom is -0.342 e. The van der Waals surface area contributed by atoms with Gasteiger partial charge in [0.05, 0.1) is 12.5 Å². The van der Waals surface area contributed by atoms with Crippen molar-refractivity contribution in [3.8, 4) is 0 Å². The lowest BCUT2D eigenvalue weighted by Crippen LogP contribution is -2.46. The molecule has 0 radical (unpaired) electrons. The second-order valence-electron chi connectivity index (χ2n) is 6.57. The summed E-state index contributed by atoms with van der Waals surface area (Å²) < 4.78 is 0. The molecule has 26 heavy (non-hydrogen) atoms. The van der Waals surface area contributed by atoms with Crippen molar-refractivity contribution in [3.05, 3.63) is 51.4 Å². The highest BCUT2D eigenvalue weighted by molar-refractivity contribution is 7.09. The molecule has 2 aromatic rings. The van der Waals surface area contributed by atoms with Crippen LogP contribution in [0, 0.1) is 5.92 Å². The van der Waals surface area contributed by atoms with E-state index in [2.05, 4.69) is 4.98 Å². The number of amides is 2. The first kappa shape index (κ1) is 18.9. The molecular formula is C19H22ClN3O2S. The number of nitrogens with zero attached hydrogens (tertiary/aromatic N) is 3. The summed E-state index contributed by atoms with van der Waals surface area (Å²) in [4.78, 5) is 32.7. The van der Waals surface area contributed by atoms with E-state index >= 15 is 0 Å². The maximum absolute atomic E-state index is 12.7. The fourth-order valence-electron chi connectivity index (χ4n) is 3.17. The lowest BCUT2D eigenvalue weighted by Gasteiger charge is -2.33. The van der Waals surface area contributed by atoms with Gasteiger partial charge in [0, 0.05) is 43.2 Å². The lowest BCUT2D eigenvalue weighted by molar-refractivity contribution is -0.142. The minimum absolute atomic E-state index is 0.0872. The van der Waals surface area contributed by atoms with Crippen LogP contribution in [0.15, 0.2) is 35.8 Å². The molecule has 1 atom stereocenters. The van der Waals surface area contributed by atoms with Crippen molar-refractivity contribution in [2.45, 2.75) is 25.8 Å². The molecule has 1 aromatic carbocycles. The Bertz CT molecular complexity index is 749. The van der Waals surface area contributed by atoms with Gasteiger partial charge in [0.15, 0.2) is 0 Å². The van der Waals surface area contributed by atoms with Gasteiger partial charge in [-0.2, -0.15) is 0 Å². The Morgan fingerprint density at radius 2 is 2.15 bits per heavy atom. The monoisotopic (exact) mass is 391 g/mol. The summed E-state index contributed by atoms with van der Waals surface area (Å²) in [6.07, 6.45) is 3.56. The molecule has 7 heteroatoms. The topological polar surface area (TPSA) is 53.5 Å². The zero-order valence-corrected chi connectivity index (χ0v) is 16.3. The molecule has 2 amide bonds. The second-order valence-corrected chi connectivity index (χ2v) is 7.99. The van der Waals surface area contributed by atoms with Gasteiger partial charge in [-0.25, -0.2) is 4.98 Å². The SMILES string of the molecule is CN(Cc1nccs1)C(=O)[C@H]1CCC(=O)N(CCc2ccc(Cl)cc2)C1. The van der Waals surface area contributed by atoms with E-state index in [0.717, 1.165) is 17.0 Å². The van der Waals surface area contributed by atoms with Crippen LogP contribution >= 0.6 is 22.9 Å². The van der Waals surface area contributed by atoms with E-state index in [-0.39, 0.29) is 17.7 Å². The van der Waals surface area contributed by atoms with Gasteiger partial charge in [0.2, 0.25) is 11.8 Å². The number of piperidine rings is 1. The van der Waals surface area contributed by atoms with E-state index in [0.29, 0.717) is 37.5 Å². The van der Waals surface area contributed by atoms with Crippen LogP contribution in [0.4, 0.5) is 0 Å². The highest BCUT2D eigenvalue weighted by Crippen LogP contribution is 2.21. The van der Waals surface area contributed by atoms with Gasteiger partial charge in [0.1, 0.15) is 5.01 Å². The third-order valence-corrected chi connectivity index (χ3v) is 5.68. The second kappa shape index (κ2) is 8.64. The number of rotatable bonds is 6. The Balaban J connectivity index is 1.55. The number of halogens is 1. The molecule has 2 heterocycles. The fraction of sp³-hybridized carbons (Fsp3) is 0.421. The molecule has 0 unspecified atom stereocenters. The smallest absolute Gasteiger partial charge is 0.227 e. The average molecular weight is 392 g/mol. The Morgan fingerprint density at radius 3 is 2.85 bits per heavy atom. The van der Waals surface area contributed by atoms with Crippen molar-refractivity contribution in [1.82, 2.24) is 14.8 Å². The van der Waals surface area contributed by atoms with E-state index in [1.54, 1.807) is 29.5 Å². The van der Waals surface area contributed by atoms with Crippen LogP contribution in [0.2, 0.25) is 5.02 Å². The molecule has 1 aromatic heterocycles. The predicted octanol–water partition coefficient (Wildman–Crippen LogP) is 3.24. The number of aromatic nitrogens is 1. The van der Waals surface area contributed by atoms with E-state index in [4.69, 9.17) is 11.6 Å². The Kier molecular flexibility index (Phi) is 6.27. The quantitative estimate of drug-likeness (QED) is 0.759. The largest absolute Gasteiger partial charge is 0.342 e. The van der Waals surface area contributed by atoms with Crippen LogP contribution in [0.1, 0.15) is 23.4 Å². The van der Waals surface area contributed by atoms with Gasteiger partial charge < -0.3 is 9.80 Å². The molecule has 0 aliphatic carbocycles. The summed E-state index contributed by atoms with van der Waals surface area (Å²) in [6, 6.07) is 7.66. The van der Waals surface area contributed by atoms with Gasteiger partial charge in [0.25, 0.3) is 0 Å². The van der Waals surface area contributed by atoms with Crippen molar-refractivity contribution >= 4 is 34.8 Å². The van der Waals surface area contributed by atoms with Crippen LogP contribution < -0.4 is 0 Å². The van der Waals surface area contributed by atoms with E-state index in [1.165, 1.54) is 0 Å². The van der Waals surface area contributed by atoms with Gasteiger partial charge in [-0.05, 0) is 30.5 Å². The van der Waals surface area contributed by atoms with Crippen molar-refractivity contribution in [3.63, 3.8) is 0 Å². The molecule has 0 bridgehead atoms. The van der Waals surface area contributed by atoms with Crippen molar-refractivity contribution < 1.29 is 9.59 Å². The summed E-state index contributed by atoms with van der Waals surface area (Å²) in [6.45, 7) is 1.64. The molecule has 1 saturated heterocycles. The summed E-state index contributed by atoms with van der Waals surface area (Å²) in [7, 11) is 1.80. The van der Waals surface area contributed by atoms with Gasteiger partial charge in [-0.1, -0.05) is 23.7 Å². The van der Waals surface area contributed by atoms with Crippen molar-refractivity contribution in [1.29, 1.82) is 0 Å². The first-order chi connectivity index (χ1) is 12.5. The Labute approximate surface area is 162 Å². The number of carbonyl (C=O) groups excluding carboxylic acids is 2. The first-order valence-electron chi connectivity index (χ1n) is 8.68. The van der Waals surface area contributed by atoms with Crippen LogP contribution in [0.3, 0.4) is 0 Å². The fourth-order valence-corrected chi connectivity index (χ4v) is 3.97. The van der Waals surface area contributed by atoms with Crippen LogP contribution in [-0.4, -0.2) is 46.7 Å². The summed E-state index contributed by atoms with van der Waals surface area (Å²) in [5, 5.41) is 3.54. The molecule has 1 fully saturated rings. The Morgan fingerprint density at radius 1 is 1.38 bits per heavy atom. The first-order valence-corrected chi connectivity index (χ1v) is 9.94. The number of likely N-dealkylation sites (tertiary alicyclic amines) is 1. The molecule has 0 spiro atoms. The summed E-state index contributed by atoms with van der Waals surface area (Å²) >= 11 is 7.45. The molecule has 0 N–H and O–H groups in total. The average Bonchev–Trinajstić information content (AvgIpc) is 3.14. The standard InChI is InChI=1S/C19H22ClN3O2S/c1-22(13-17-21-9-11-26-17)19(25)15-4-7-18(24)23(12-15)10-8-14-2-5-16(20)6-3-14/h2-3,5-6,9,11,15H,4,7-8,10,12-13H2,1H3/t15-/m0/s1. The molecule has 1 aliphatic rings. The molecule has 5 nitrogen and oxygen atoms in total. The predicted molar refractivity (Wildman–Crippen MR) is 103 cm³/mol. The summed E-state index contributed by atoms with van der Waals surface area (Å²) in [5.41, 5.74) is 1.14. The number of thiazole rings is 1. The maximum atomic E-state index is 12.7. The lowest BCUT2D eigenvalue weighted by atomic mass is 9.95. The summed E-state index contributed by atoms with van der Waals surface area (Å²) in [5.74, 6) is 0.0812. The number of hydrogen-bond donors (Lipinski definition) is 0. The van der Waals surface area contributed by atoms with E-state index in [9.17, 15) is 9.59 Å². The third kappa shape index (κ3) is 4.83. The molecule has 1 aliphatic heterocycles. The van der Waals surface area contributed by atoms with Crippen LogP contribution in [0.5, 0.6) is 0 Å². The van der Waals surface area contributed by atoms with Crippen LogP contribution in [-0.2, 0) is 22.6 Å². The number of hydrogen-bond acceptors (Lipinski definition) is 4. The zero-order valence-electron chi connectivity index (χ0n) is 14.7. The van der Waals surface area contributed by atoms with E-state index < -0.39 is 0 Å². The molecule has 138 valence electrons. The molecule has 0 saturated carbocycles.